The largest absolute Gasteiger partial charge is 0.459 e. The number of nitrogens with zero attached hydrogens (tertiary/aromatic N) is 2. The number of hydrogen-bond acceptors (Lipinski definition) is 6. The highest BCUT2D eigenvalue weighted by molar-refractivity contribution is 5.83. The zero-order valence-corrected chi connectivity index (χ0v) is 9.49. The van der Waals surface area contributed by atoms with Gasteiger partial charge in [0.05, 0.1) is 13.2 Å². The Balaban J connectivity index is 2.33. The van der Waals surface area contributed by atoms with E-state index in [1.54, 1.807) is 6.92 Å². The van der Waals surface area contributed by atoms with Crippen LogP contribution in [0.4, 0.5) is 13.2 Å². The Hall–Kier alpha value is -1.64. The number of aromatic nitrogens is 2. The van der Waals surface area contributed by atoms with Crippen molar-refractivity contribution in [3.05, 3.63) is 11.8 Å². The highest BCUT2D eigenvalue weighted by Gasteiger charge is 2.27. The number of rotatable bonds is 6. The minimum Gasteiger partial charge on any atom is -0.459 e. The van der Waals surface area contributed by atoms with E-state index in [4.69, 9.17) is 4.42 Å². The van der Waals surface area contributed by atoms with Gasteiger partial charge in [0.2, 0.25) is 5.89 Å². The summed E-state index contributed by atoms with van der Waals surface area (Å²) in [5.41, 5.74) is 0. The summed E-state index contributed by atoms with van der Waals surface area (Å²) < 4.78 is 49.0. The maximum Gasteiger partial charge on any atom is 0.411 e. The molecule has 0 unspecified atom stereocenters. The van der Waals surface area contributed by atoms with Gasteiger partial charge >= 0.3 is 18.0 Å². The van der Waals surface area contributed by atoms with Crippen LogP contribution in [0.3, 0.4) is 0 Å². The highest BCUT2D eigenvalue weighted by atomic mass is 19.4. The third kappa shape index (κ3) is 5.13. The lowest BCUT2D eigenvalue weighted by Crippen LogP contribution is -2.18. The summed E-state index contributed by atoms with van der Waals surface area (Å²) in [5.74, 6) is -1.09. The van der Waals surface area contributed by atoms with Crippen LogP contribution in [0.1, 0.15) is 23.5 Å². The number of ether oxygens (including phenoxy) is 2. The predicted molar refractivity (Wildman–Crippen MR) is 50.8 cm³/mol. The second-order valence-corrected chi connectivity index (χ2v) is 3.14. The standard InChI is InChI=1S/C9H11F3N2O4/c1-2-17-8(15)7-14-13-6(18-7)3-4-16-5-9(10,11)12/h2-5H2,1H3. The first kappa shape index (κ1) is 14.4. The minimum atomic E-state index is -4.37. The number of halogens is 3. The molecule has 0 amide bonds. The molecule has 0 radical (unpaired) electrons. The van der Waals surface area contributed by atoms with Crippen molar-refractivity contribution in [1.29, 1.82) is 0 Å². The quantitative estimate of drug-likeness (QED) is 0.573. The van der Waals surface area contributed by atoms with Gasteiger partial charge in [-0.1, -0.05) is 0 Å². The fraction of sp³-hybridized carbons (Fsp3) is 0.667. The van der Waals surface area contributed by atoms with Crippen LogP contribution in [0.15, 0.2) is 4.42 Å². The van der Waals surface area contributed by atoms with Gasteiger partial charge in [-0.15, -0.1) is 10.2 Å². The van der Waals surface area contributed by atoms with Crippen LogP contribution >= 0.6 is 0 Å². The van der Waals surface area contributed by atoms with Crippen LogP contribution in [0, 0.1) is 0 Å². The predicted octanol–water partition coefficient (Wildman–Crippen LogP) is 1.37. The molecule has 1 heterocycles. The van der Waals surface area contributed by atoms with Crippen molar-refractivity contribution in [3.8, 4) is 0 Å². The summed E-state index contributed by atoms with van der Waals surface area (Å²) in [6.45, 7) is 0.196. The Morgan fingerprint density at radius 2 is 2.11 bits per heavy atom. The van der Waals surface area contributed by atoms with Crippen molar-refractivity contribution < 1.29 is 31.9 Å². The molecule has 0 fully saturated rings. The summed E-state index contributed by atoms with van der Waals surface area (Å²) in [7, 11) is 0. The Morgan fingerprint density at radius 1 is 1.39 bits per heavy atom. The van der Waals surface area contributed by atoms with Gasteiger partial charge in [-0.2, -0.15) is 13.2 Å². The molecule has 9 heteroatoms. The summed E-state index contributed by atoms with van der Waals surface area (Å²) in [6, 6.07) is 0. The van der Waals surface area contributed by atoms with Crippen LogP contribution in [0.2, 0.25) is 0 Å². The number of alkyl halides is 3. The summed E-state index contributed by atoms with van der Waals surface area (Å²) >= 11 is 0. The molecule has 18 heavy (non-hydrogen) atoms. The zero-order valence-electron chi connectivity index (χ0n) is 9.49. The molecule has 0 aromatic carbocycles. The maximum absolute atomic E-state index is 11.7. The Labute approximate surface area is 100 Å². The van der Waals surface area contributed by atoms with E-state index >= 15 is 0 Å². The molecule has 0 spiro atoms. The fourth-order valence-electron chi connectivity index (χ4n) is 0.977. The summed E-state index contributed by atoms with van der Waals surface area (Å²) in [6.07, 6.45) is -4.38. The normalized spacial score (nSPS) is 11.6. The van der Waals surface area contributed by atoms with Gasteiger partial charge < -0.3 is 13.9 Å². The van der Waals surface area contributed by atoms with Gasteiger partial charge in [0, 0.05) is 6.42 Å². The molecular formula is C9H11F3N2O4. The van der Waals surface area contributed by atoms with Gasteiger partial charge in [-0.25, -0.2) is 4.79 Å². The Kier molecular flexibility index (Phi) is 5.08. The van der Waals surface area contributed by atoms with E-state index < -0.39 is 18.8 Å². The topological polar surface area (TPSA) is 74.5 Å². The van der Waals surface area contributed by atoms with E-state index in [0.29, 0.717) is 0 Å². The van der Waals surface area contributed by atoms with Crippen molar-refractivity contribution in [3.63, 3.8) is 0 Å². The van der Waals surface area contributed by atoms with Crippen molar-refractivity contribution in [2.75, 3.05) is 19.8 Å². The third-order valence-corrected chi connectivity index (χ3v) is 1.64. The third-order valence-electron chi connectivity index (χ3n) is 1.64. The average molecular weight is 268 g/mol. The van der Waals surface area contributed by atoms with Gasteiger partial charge in [-0.3, -0.25) is 0 Å². The number of esters is 1. The second-order valence-electron chi connectivity index (χ2n) is 3.14. The SMILES string of the molecule is CCOC(=O)c1nnc(CCOCC(F)(F)F)o1. The van der Waals surface area contributed by atoms with Crippen molar-refractivity contribution >= 4 is 5.97 Å². The maximum atomic E-state index is 11.7. The molecule has 1 aromatic rings. The lowest BCUT2D eigenvalue weighted by molar-refractivity contribution is -0.173. The van der Waals surface area contributed by atoms with E-state index in [-0.39, 0.29) is 31.4 Å². The lowest BCUT2D eigenvalue weighted by atomic mass is 10.4. The summed E-state index contributed by atoms with van der Waals surface area (Å²) in [5, 5.41) is 6.87. The first-order chi connectivity index (χ1) is 8.42. The molecule has 0 atom stereocenters. The van der Waals surface area contributed by atoms with Crippen LogP contribution in [0.5, 0.6) is 0 Å². The van der Waals surface area contributed by atoms with Crippen molar-refractivity contribution in [1.82, 2.24) is 10.2 Å². The molecular weight excluding hydrogens is 257 g/mol. The smallest absolute Gasteiger partial charge is 0.411 e. The van der Waals surface area contributed by atoms with Crippen LogP contribution in [-0.4, -0.2) is 42.2 Å². The first-order valence-electron chi connectivity index (χ1n) is 5.06. The van der Waals surface area contributed by atoms with E-state index in [9.17, 15) is 18.0 Å². The zero-order chi connectivity index (χ0) is 13.6. The van der Waals surface area contributed by atoms with Crippen LogP contribution < -0.4 is 0 Å². The van der Waals surface area contributed by atoms with E-state index in [1.165, 1.54) is 0 Å². The van der Waals surface area contributed by atoms with E-state index in [1.807, 2.05) is 0 Å². The summed E-state index contributed by atoms with van der Waals surface area (Å²) in [4.78, 5) is 11.1. The monoisotopic (exact) mass is 268 g/mol. The van der Waals surface area contributed by atoms with Gasteiger partial charge in [-0.05, 0) is 6.92 Å². The van der Waals surface area contributed by atoms with Crippen molar-refractivity contribution in [2.24, 2.45) is 0 Å². The highest BCUT2D eigenvalue weighted by Crippen LogP contribution is 2.14. The molecule has 0 bridgehead atoms. The first-order valence-corrected chi connectivity index (χ1v) is 5.06. The Bertz CT molecular complexity index is 391. The molecule has 102 valence electrons. The molecule has 0 N–H and O–H groups in total. The number of carbonyl (C=O) groups is 1. The Morgan fingerprint density at radius 3 is 2.72 bits per heavy atom. The molecule has 1 aromatic heterocycles. The number of carbonyl (C=O) groups excluding carboxylic acids is 1. The molecule has 0 saturated carbocycles. The van der Waals surface area contributed by atoms with Gasteiger partial charge in [0.1, 0.15) is 6.61 Å². The van der Waals surface area contributed by atoms with Gasteiger partial charge in [0.15, 0.2) is 0 Å². The molecule has 0 aliphatic heterocycles. The fourth-order valence-corrected chi connectivity index (χ4v) is 0.977. The molecule has 6 nitrogen and oxygen atoms in total. The number of hydrogen-bond donors (Lipinski definition) is 0. The molecule has 1 rings (SSSR count). The lowest BCUT2D eigenvalue weighted by Gasteiger charge is -2.05. The van der Waals surface area contributed by atoms with E-state index in [0.717, 1.165) is 0 Å². The molecule has 0 aliphatic carbocycles. The minimum absolute atomic E-state index is 0.0114. The second kappa shape index (κ2) is 6.34. The van der Waals surface area contributed by atoms with Crippen LogP contribution in [-0.2, 0) is 15.9 Å². The van der Waals surface area contributed by atoms with Crippen molar-refractivity contribution in [2.45, 2.75) is 19.5 Å². The van der Waals surface area contributed by atoms with E-state index in [2.05, 4.69) is 19.7 Å². The van der Waals surface area contributed by atoms with Gasteiger partial charge in [0.25, 0.3) is 0 Å². The molecule has 0 aliphatic rings. The molecule has 0 saturated heterocycles. The average Bonchev–Trinajstić information content (AvgIpc) is 2.72. The van der Waals surface area contributed by atoms with Crippen LogP contribution in [0.25, 0.3) is 0 Å².